The van der Waals surface area contributed by atoms with Gasteiger partial charge in [-0.3, -0.25) is 9.69 Å². The van der Waals surface area contributed by atoms with Gasteiger partial charge in [0.2, 0.25) is 5.91 Å². The molecule has 2 fully saturated rings. The number of benzene rings is 1. The zero-order valence-corrected chi connectivity index (χ0v) is 10.9. The van der Waals surface area contributed by atoms with Crippen molar-refractivity contribution in [1.82, 2.24) is 10.2 Å². The lowest BCUT2D eigenvalue weighted by molar-refractivity contribution is -0.125. The summed E-state index contributed by atoms with van der Waals surface area (Å²) in [7, 11) is 0. The number of halogens is 1. The van der Waals surface area contributed by atoms with Crippen molar-refractivity contribution in [3.05, 3.63) is 34.3 Å². The summed E-state index contributed by atoms with van der Waals surface area (Å²) in [5.41, 5.74) is 2.21. The number of carbonyl (C=O) groups excluding carboxylic acids is 1. The molecule has 1 aromatic carbocycles. The quantitative estimate of drug-likeness (QED) is 0.837. The second kappa shape index (κ2) is 4.53. The molecule has 4 nitrogen and oxygen atoms in total. The van der Waals surface area contributed by atoms with Gasteiger partial charge in [-0.15, -0.1) is 0 Å². The van der Waals surface area contributed by atoms with Gasteiger partial charge in [-0.25, -0.2) is 0 Å². The summed E-state index contributed by atoms with van der Waals surface area (Å²) in [5.74, 6) is 0.0500. The molecule has 0 bridgehead atoms. The van der Waals surface area contributed by atoms with Gasteiger partial charge in [0.1, 0.15) is 12.2 Å². The van der Waals surface area contributed by atoms with Crippen molar-refractivity contribution in [1.29, 1.82) is 0 Å². The number of rotatable bonds is 1. The van der Waals surface area contributed by atoms with Crippen LogP contribution in [0, 0.1) is 6.92 Å². The Kier molecular flexibility index (Phi) is 3.01. The van der Waals surface area contributed by atoms with Crippen molar-refractivity contribution in [2.75, 3.05) is 19.8 Å². The summed E-state index contributed by atoms with van der Waals surface area (Å²) in [6, 6.07) is 5.62. The normalized spacial score (nSPS) is 28.0. The van der Waals surface area contributed by atoms with E-state index in [9.17, 15) is 4.79 Å². The summed E-state index contributed by atoms with van der Waals surface area (Å²) in [4.78, 5) is 14.1. The first-order valence-electron chi connectivity index (χ1n) is 6.07. The van der Waals surface area contributed by atoms with E-state index in [2.05, 4.69) is 10.2 Å². The number of morpholine rings is 1. The Morgan fingerprint density at radius 2 is 2.33 bits per heavy atom. The molecule has 2 aliphatic rings. The highest BCUT2D eigenvalue weighted by molar-refractivity contribution is 6.30. The van der Waals surface area contributed by atoms with E-state index in [1.807, 2.05) is 25.1 Å². The summed E-state index contributed by atoms with van der Waals surface area (Å²) in [6.07, 6.45) is -0.0522. The van der Waals surface area contributed by atoms with Crippen molar-refractivity contribution in [3.63, 3.8) is 0 Å². The van der Waals surface area contributed by atoms with Crippen molar-refractivity contribution in [2.45, 2.75) is 19.1 Å². The highest BCUT2D eigenvalue weighted by Gasteiger charge is 2.42. The van der Waals surface area contributed by atoms with Gasteiger partial charge in [0, 0.05) is 11.6 Å². The molecule has 18 heavy (non-hydrogen) atoms. The fourth-order valence-electron chi connectivity index (χ4n) is 2.67. The average Bonchev–Trinajstić information content (AvgIpc) is 2.68. The summed E-state index contributed by atoms with van der Waals surface area (Å²) >= 11 is 5.97. The predicted octanol–water partition coefficient (Wildman–Crippen LogP) is 1.48. The Morgan fingerprint density at radius 3 is 3.11 bits per heavy atom. The maximum atomic E-state index is 11.9. The van der Waals surface area contributed by atoms with Crippen LogP contribution in [0.4, 0.5) is 0 Å². The number of hydrogen-bond acceptors (Lipinski definition) is 3. The monoisotopic (exact) mass is 266 g/mol. The molecule has 0 aromatic heterocycles. The van der Waals surface area contributed by atoms with Crippen LogP contribution in [0.15, 0.2) is 18.2 Å². The SMILES string of the molecule is Cc1cc(Cl)ccc1C1NC(=O)C2COCCN21. The molecule has 2 saturated heterocycles. The zero-order chi connectivity index (χ0) is 12.7. The lowest BCUT2D eigenvalue weighted by atomic mass is 10.1. The zero-order valence-electron chi connectivity index (χ0n) is 10.1. The van der Waals surface area contributed by atoms with Crippen LogP contribution in [0.25, 0.3) is 0 Å². The Morgan fingerprint density at radius 1 is 1.50 bits per heavy atom. The number of hydrogen-bond donors (Lipinski definition) is 1. The van der Waals surface area contributed by atoms with E-state index in [1.54, 1.807) is 0 Å². The second-order valence-corrected chi connectivity index (χ2v) is 5.18. The van der Waals surface area contributed by atoms with Gasteiger partial charge in [0.15, 0.2) is 0 Å². The van der Waals surface area contributed by atoms with Gasteiger partial charge in [0.25, 0.3) is 0 Å². The highest BCUT2D eigenvalue weighted by atomic mass is 35.5. The number of aryl methyl sites for hydroxylation is 1. The first-order chi connectivity index (χ1) is 8.66. The van der Waals surface area contributed by atoms with Crippen LogP contribution in [0.1, 0.15) is 17.3 Å². The van der Waals surface area contributed by atoms with Crippen molar-refractivity contribution in [2.24, 2.45) is 0 Å². The number of nitrogens with zero attached hydrogens (tertiary/aromatic N) is 1. The van der Waals surface area contributed by atoms with Crippen LogP contribution < -0.4 is 5.32 Å². The highest BCUT2D eigenvalue weighted by Crippen LogP contribution is 2.30. The van der Waals surface area contributed by atoms with E-state index in [0.717, 1.165) is 22.7 Å². The number of amides is 1. The molecular formula is C13H15ClN2O2. The molecule has 2 aliphatic heterocycles. The fraction of sp³-hybridized carbons (Fsp3) is 0.462. The molecule has 0 saturated carbocycles. The van der Waals surface area contributed by atoms with Crippen LogP contribution in [0.5, 0.6) is 0 Å². The van der Waals surface area contributed by atoms with Crippen LogP contribution in [-0.4, -0.2) is 36.6 Å². The fourth-order valence-corrected chi connectivity index (χ4v) is 2.89. The first-order valence-corrected chi connectivity index (χ1v) is 6.44. The van der Waals surface area contributed by atoms with Crippen LogP contribution >= 0.6 is 11.6 Å². The Hall–Kier alpha value is -1.10. The molecule has 2 heterocycles. The smallest absolute Gasteiger partial charge is 0.241 e. The van der Waals surface area contributed by atoms with Gasteiger partial charge >= 0.3 is 0 Å². The molecule has 0 spiro atoms. The minimum atomic E-state index is -0.154. The molecule has 5 heteroatoms. The molecule has 2 unspecified atom stereocenters. The summed E-state index contributed by atoms with van der Waals surface area (Å²) < 4.78 is 5.36. The van der Waals surface area contributed by atoms with Gasteiger partial charge in [0.05, 0.1) is 13.2 Å². The standard InChI is InChI=1S/C13H15ClN2O2/c1-8-6-9(14)2-3-10(8)12-15-13(17)11-7-18-5-4-16(11)12/h2-3,6,11-12H,4-5,7H2,1H3,(H,15,17). The minimum Gasteiger partial charge on any atom is -0.378 e. The molecule has 96 valence electrons. The minimum absolute atomic E-state index is 0.0500. The molecule has 3 rings (SSSR count). The van der Waals surface area contributed by atoms with Crippen molar-refractivity contribution in [3.8, 4) is 0 Å². The van der Waals surface area contributed by atoms with Crippen LogP contribution in [0.3, 0.4) is 0 Å². The largest absolute Gasteiger partial charge is 0.378 e. The van der Waals surface area contributed by atoms with E-state index in [-0.39, 0.29) is 18.1 Å². The van der Waals surface area contributed by atoms with E-state index in [0.29, 0.717) is 13.2 Å². The maximum Gasteiger partial charge on any atom is 0.241 e. The van der Waals surface area contributed by atoms with Crippen LogP contribution in [0.2, 0.25) is 5.02 Å². The predicted molar refractivity (Wildman–Crippen MR) is 68.4 cm³/mol. The Bertz CT molecular complexity index is 492. The van der Waals surface area contributed by atoms with Gasteiger partial charge < -0.3 is 10.1 Å². The topological polar surface area (TPSA) is 41.6 Å². The Balaban J connectivity index is 1.94. The van der Waals surface area contributed by atoms with E-state index in [1.165, 1.54) is 0 Å². The third-order valence-corrected chi connectivity index (χ3v) is 3.84. The van der Waals surface area contributed by atoms with Gasteiger partial charge in [-0.1, -0.05) is 17.7 Å². The molecular weight excluding hydrogens is 252 g/mol. The van der Waals surface area contributed by atoms with E-state index >= 15 is 0 Å². The molecule has 0 aliphatic carbocycles. The van der Waals surface area contributed by atoms with Crippen molar-refractivity contribution < 1.29 is 9.53 Å². The number of carbonyl (C=O) groups is 1. The Labute approximate surface area is 111 Å². The van der Waals surface area contributed by atoms with Gasteiger partial charge in [-0.05, 0) is 30.2 Å². The molecule has 0 radical (unpaired) electrons. The molecule has 1 aromatic rings. The molecule has 1 N–H and O–H groups in total. The number of nitrogens with one attached hydrogen (secondary N) is 1. The second-order valence-electron chi connectivity index (χ2n) is 4.74. The molecule has 2 atom stereocenters. The number of fused-ring (bicyclic) bond motifs is 1. The van der Waals surface area contributed by atoms with E-state index in [4.69, 9.17) is 16.3 Å². The third-order valence-electron chi connectivity index (χ3n) is 3.61. The van der Waals surface area contributed by atoms with Crippen LogP contribution in [-0.2, 0) is 9.53 Å². The third kappa shape index (κ3) is 1.90. The first kappa shape index (κ1) is 12.0. The van der Waals surface area contributed by atoms with E-state index < -0.39 is 0 Å². The lowest BCUT2D eigenvalue weighted by Gasteiger charge is -2.32. The lowest BCUT2D eigenvalue weighted by Crippen LogP contribution is -2.44. The van der Waals surface area contributed by atoms with Gasteiger partial charge in [-0.2, -0.15) is 0 Å². The molecule has 1 amide bonds. The average molecular weight is 267 g/mol. The summed E-state index contributed by atoms with van der Waals surface area (Å²) in [6.45, 7) is 3.95. The number of ether oxygens (including phenoxy) is 1. The maximum absolute atomic E-state index is 11.9. The summed E-state index contributed by atoms with van der Waals surface area (Å²) in [5, 5.41) is 3.76. The van der Waals surface area contributed by atoms with Crippen molar-refractivity contribution >= 4 is 17.5 Å².